The SMILES string of the molecule is CCc1ccsc1CNc1ccc(C(N)=O)nn1. The molecule has 2 heterocycles. The molecule has 0 saturated carbocycles. The first kappa shape index (κ1) is 12.5. The highest BCUT2D eigenvalue weighted by atomic mass is 32.1. The summed E-state index contributed by atoms with van der Waals surface area (Å²) in [5, 5.41) is 12.9. The van der Waals surface area contributed by atoms with Gasteiger partial charge < -0.3 is 11.1 Å². The largest absolute Gasteiger partial charge is 0.364 e. The fraction of sp³-hybridized carbons (Fsp3) is 0.250. The molecule has 6 heteroatoms. The van der Waals surface area contributed by atoms with Crippen molar-refractivity contribution < 1.29 is 4.79 Å². The summed E-state index contributed by atoms with van der Waals surface area (Å²) in [6.07, 6.45) is 1.02. The molecule has 0 saturated heterocycles. The highest BCUT2D eigenvalue weighted by Gasteiger charge is 2.05. The third-order valence-electron chi connectivity index (χ3n) is 2.57. The third kappa shape index (κ3) is 2.84. The van der Waals surface area contributed by atoms with Gasteiger partial charge >= 0.3 is 0 Å². The second kappa shape index (κ2) is 5.59. The summed E-state index contributed by atoms with van der Waals surface area (Å²) in [6, 6.07) is 5.39. The molecule has 0 bridgehead atoms. The number of rotatable bonds is 5. The molecule has 0 radical (unpaired) electrons. The standard InChI is InChI=1S/C12H14N4OS/c1-2-8-5-6-18-10(8)7-14-11-4-3-9(12(13)17)15-16-11/h3-6H,2,7H2,1H3,(H2,13,17)(H,14,16). The van der Waals surface area contributed by atoms with Gasteiger partial charge in [0.15, 0.2) is 5.69 Å². The van der Waals surface area contributed by atoms with Crippen molar-refractivity contribution in [2.75, 3.05) is 5.32 Å². The number of hydrogen-bond donors (Lipinski definition) is 2. The van der Waals surface area contributed by atoms with E-state index in [1.165, 1.54) is 10.4 Å². The van der Waals surface area contributed by atoms with Gasteiger partial charge in [-0.3, -0.25) is 4.79 Å². The van der Waals surface area contributed by atoms with E-state index in [4.69, 9.17) is 5.73 Å². The molecule has 2 rings (SSSR count). The van der Waals surface area contributed by atoms with Gasteiger partial charge in [-0.1, -0.05) is 6.92 Å². The van der Waals surface area contributed by atoms with Crippen LogP contribution in [0.5, 0.6) is 0 Å². The van der Waals surface area contributed by atoms with Crippen molar-refractivity contribution in [3.63, 3.8) is 0 Å². The first-order valence-electron chi connectivity index (χ1n) is 5.63. The van der Waals surface area contributed by atoms with E-state index in [0.717, 1.165) is 6.42 Å². The van der Waals surface area contributed by atoms with E-state index < -0.39 is 5.91 Å². The predicted octanol–water partition coefficient (Wildman–Crippen LogP) is 1.81. The van der Waals surface area contributed by atoms with Crippen LogP contribution >= 0.6 is 11.3 Å². The fourth-order valence-electron chi connectivity index (χ4n) is 1.57. The molecule has 0 unspecified atom stereocenters. The van der Waals surface area contributed by atoms with E-state index in [0.29, 0.717) is 12.4 Å². The molecule has 0 spiro atoms. The summed E-state index contributed by atoms with van der Waals surface area (Å²) in [6.45, 7) is 2.85. The van der Waals surface area contributed by atoms with Gasteiger partial charge in [-0.05, 0) is 35.6 Å². The summed E-state index contributed by atoms with van der Waals surface area (Å²) >= 11 is 1.72. The van der Waals surface area contributed by atoms with Gasteiger partial charge in [-0.15, -0.1) is 21.5 Å². The Morgan fingerprint density at radius 2 is 2.22 bits per heavy atom. The maximum Gasteiger partial charge on any atom is 0.269 e. The summed E-state index contributed by atoms with van der Waals surface area (Å²) in [7, 11) is 0. The zero-order valence-corrected chi connectivity index (χ0v) is 10.8. The number of anilines is 1. The van der Waals surface area contributed by atoms with Gasteiger partial charge in [-0.2, -0.15) is 0 Å². The van der Waals surface area contributed by atoms with Gasteiger partial charge in [-0.25, -0.2) is 0 Å². The highest BCUT2D eigenvalue weighted by molar-refractivity contribution is 7.10. The van der Waals surface area contributed by atoms with Crippen molar-refractivity contribution in [3.8, 4) is 0 Å². The minimum absolute atomic E-state index is 0.172. The smallest absolute Gasteiger partial charge is 0.269 e. The van der Waals surface area contributed by atoms with E-state index in [2.05, 4.69) is 33.9 Å². The van der Waals surface area contributed by atoms with Gasteiger partial charge in [0.05, 0.1) is 6.54 Å². The van der Waals surface area contributed by atoms with Crippen LogP contribution in [0.1, 0.15) is 27.9 Å². The molecule has 2 aromatic rings. The highest BCUT2D eigenvalue weighted by Crippen LogP contribution is 2.18. The minimum atomic E-state index is -0.569. The van der Waals surface area contributed by atoms with Crippen molar-refractivity contribution >= 4 is 23.1 Å². The van der Waals surface area contributed by atoms with Crippen molar-refractivity contribution in [3.05, 3.63) is 39.7 Å². The van der Waals surface area contributed by atoms with Crippen molar-refractivity contribution in [2.45, 2.75) is 19.9 Å². The number of nitrogens with two attached hydrogens (primary N) is 1. The monoisotopic (exact) mass is 262 g/mol. The molecule has 0 aliphatic carbocycles. The predicted molar refractivity (Wildman–Crippen MR) is 71.6 cm³/mol. The molecule has 0 aromatic carbocycles. The average Bonchev–Trinajstić information content (AvgIpc) is 2.84. The number of nitrogens with zero attached hydrogens (tertiary/aromatic N) is 2. The van der Waals surface area contributed by atoms with Gasteiger partial charge in [0.1, 0.15) is 5.82 Å². The van der Waals surface area contributed by atoms with Crippen molar-refractivity contribution in [1.82, 2.24) is 10.2 Å². The Bertz CT molecular complexity index is 535. The Morgan fingerprint density at radius 1 is 1.39 bits per heavy atom. The molecule has 1 amide bonds. The Kier molecular flexibility index (Phi) is 3.88. The molecule has 5 nitrogen and oxygen atoms in total. The average molecular weight is 262 g/mol. The molecule has 0 aliphatic rings. The van der Waals surface area contributed by atoms with Crippen LogP contribution in [0.4, 0.5) is 5.82 Å². The molecule has 94 valence electrons. The minimum Gasteiger partial charge on any atom is -0.364 e. The molecule has 0 atom stereocenters. The van der Waals surface area contributed by atoms with E-state index >= 15 is 0 Å². The van der Waals surface area contributed by atoms with Gasteiger partial charge in [0.25, 0.3) is 5.91 Å². The number of amides is 1. The van der Waals surface area contributed by atoms with E-state index in [1.54, 1.807) is 23.5 Å². The number of aryl methyl sites for hydroxylation is 1. The van der Waals surface area contributed by atoms with Crippen LogP contribution < -0.4 is 11.1 Å². The molecule has 0 aliphatic heterocycles. The molecular weight excluding hydrogens is 248 g/mol. The second-order valence-electron chi connectivity index (χ2n) is 3.74. The fourth-order valence-corrected chi connectivity index (χ4v) is 2.48. The summed E-state index contributed by atoms with van der Waals surface area (Å²) in [5.74, 6) is 0.0658. The zero-order valence-electron chi connectivity index (χ0n) is 10.0. The maximum absolute atomic E-state index is 10.8. The first-order chi connectivity index (χ1) is 8.70. The lowest BCUT2D eigenvalue weighted by Crippen LogP contribution is -2.14. The van der Waals surface area contributed by atoms with Crippen LogP contribution in [0.2, 0.25) is 0 Å². The van der Waals surface area contributed by atoms with Crippen LogP contribution in [-0.4, -0.2) is 16.1 Å². The topological polar surface area (TPSA) is 80.9 Å². The van der Waals surface area contributed by atoms with Crippen LogP contribution in [0.15, 0.2) is 23.6 Å². The number of primary amides is 1. The zero-order chi connectivity index (χ0) is 13.0. The van der Waals surface area contributed by atoms with Crippen LogP contribution in [0.3, 0.4) is 0 Å². The lowest BCUT2D eigenvalue weighted by atomic mass is 10.2. The Balaban J connectivity index is 2.00. The molecule has 3 N–H and O–H groups in total. The van der Waals surface area contributed by atoms with Gasteiger partial charge in [0, 0.05) is 4.88 Å². The van der Waals surface area contributed by atoms with E-state index in [1.807, 2.05) is 0 Å². The van der Waals surface area contributed by atoms with Crippen molar-refractivity contribution in [2.24, 2.45) is 5.73 Å². The van der Waals surface area contributed by atoms with E-state index in [-0.39, 0.29) is 5.69 Å². The lowest BCUT2D eigenvalue weighted by molar-refractivity contribution is 0.0994. The third-order valence-corrected chi connectivity index (χ3v) is 3.53. The second-order valence-corrected chi connectivity index (χ2v) is 4.74. The normalized spacial score (nSPS) is 10.3. The molecular formula is C12H14N4OS. The Labute approximate surface area is 109 Å². The summed E-state index contributed by atoms with van der Waals surface area (Å²) in [4.78, 5) is 12.1. The Morgan fingerprint density at radius 3 is 2.83 bits per heavy atom. The summed E-state index contributed by atoms with van der Waals surface area (Å²) in [5.41, 5.74) is 6.61. The number of hydrogen-bond acceptors (Lipinski definition) is 5. The van der Waals surface area contributed by atoms with Crippen LogP contribution in [0, 0.1) is 0 Å². The van der Waals surface area contributed by atoms with E-state index in [9.17, 15) is 4.79 Å². The number of aromatic nitrogens is 2. The Hall–Kier alpha value is -1.95. The number of carbonyl (C=O) groups is 1. The number of thiophene rings is 1. The summed E-state index contributed by atoms with van der Waals surface area (Å²) < 4.78 is 0. The van der Waals surface area contributed by atoms with Crippen molar-refractivity contribution in [1.29, 1.82) is 0 Å². The first-order valence-corrected chi connectivity index (χ1v) is 6.51. The van der Waals surface area contributed by atoms with Gasteiger partial charge in [0.2, 0.25) is 0 Å². The lowest BCUT2D eigenvalue weighted by Gasteiger charge is -2.05. The maximum atomic E-state index is 10.8. The number of nitrogens with one attached hydrogen (secondary N) is 1. The molecule has 2 aromatic heterocycles. The van der Waals surface area contributed by atoms with Crippen LogP contribution in [0.25, 0.3) is 0 Å². The van der Waals surface area contributed by atoms with Crippen LogP contribution in [-0.2, 0) is 13.0 Å². The number of carbonyl (C=O) groups excluding carboxylic acids is 1. The molecule has 0 fully saturated rings. The quantitative estimate of drug-likeness (QED) is 0.861. The molecule has 18 heavy (non-hydrogen) atoms.